The molecule has 1 aromatic heterocycles. The van der Waals surface area contributed by atoms with E-state index in [2.05, 4.69) is 20.6 Å². The van der Waals surface area contributed by atoms with E-state index in [0.717, 1.165) is 12.4 Å². The number of benzene rings is 1. The van der Waals surface area contributed by atoms with Crippen molar-refractivity contribution in [2.45, 2.75) is 6.92 Å². The molecule has 0 aliphatic rings. The monoisotopic (exact) mass is 311 g/mol. The maximum absolute atomic E-state index is 13.7. The second kappa shape index (κ2) is 6.31. The van der Waals surface area contributed by atoms with Crippen LogP contribution in [0.5, 0.6) is 0 Å². The lowest BCUT2D eigenvalue weighted by Gasteiger charge is -2.09. The highest BCUT2D eigenvalue weighted by Crippen LogP contribution is 2.32. The van der Waals surface area contributed by atoms with Crippen molar-refractivity contribution in [1.82, 2.24) is 9.97 Å². The maximum Gasteiger partial charge on any atom is 0.353 e. The summed E-state index contributed by atoms with van der Waals surface area (Å²) in [4.78, 5) is 18.2. The Kier molecular flexibility index (Phi) is 4.49. The Labute approximate surface area is 124 Å². The van der Waals surface area contributed by atoms with Gasteiger partial charge < -0.3 is 10.6 Å². The molecule has 0 unspecified atom stereocenters. The highest BCUT2D eigenvalue weighted by molar-refractivity contribution is 6.30. The number of nitrogens with one attached hydrogen (secondary N) is 2. The van der Waals surface area contributed by atoms with E-state index >= 15 is 0 Å². The van der Waals surface area contributed by atoms with Crippen molar-refractivity contribution in [2.24, 2.45) is 0 Å². The van der Waals surface area contributed by atoms with Crippen LogP contribution in [0.15, 0.2) is 24.5 Å². The van der Waals surface area contributed by atoms with Gasteiger partial charge in [-0.15, -0.1) is 0 Å². The molecule has 0 bridgehead atoms. The smallest absolute Gasteiger partial charge is 0.353 e. The molecular weight excluding hydrogens is 301 g/mol. The van der Waals surface area contributed by atoms with E-state index in [0.29, 0.717) is 11.6 Å². The molecule has 110 valence electrons. The molecule has 0 aliphatic heterocycles. The van der Waals surface area contributed by atoms with Crippen LogP contribution in [0.4, 0.5) is 27.4 Å². The second-order valence-corrected chi connectivity index (χ2v) is 4.39. The topological polar surface area (TPSA) is 93.0 Å². The summed E-state index contributed by atoms with van der Waals surface area (Å²) in [5, 5.41) is 16.8. The van der Waals surface area contributed by atoms with Gasteiger partial charge in [-0.3, -0.25) is 10.1 Å². The molecule has 1 heterocycles. The van der Waals surface area contributed by atoms with Crippen LogP contribution in [0.25, 0.3) is 0 Å². The van der Waals surface area contributed by atoms with Crippen LogP contribution in [-0.2, 0) is 0 Å². The predicted molar refractivity (Wildman–Crippen MR) is 77.5 cm³/mol. The van der Waals surface area contributed by atoms with Crippen molar-refractivity contribution < 1.29 is 9.31 Å². The third-order valence-electron chi connectivity index (χ3n) is 2.53. The van der Waals surface area contributed by atoms with Crippen LogP contribution < -0.4 is 10.6 Å². The molecule has 0 radical (unpaired) electrons. The van der Waals surface area contributed by atoms with Crippen LogP contribution in [-0.4, -0.2) is 21.4 Å². The average Bonchev–Trinajstić information content (AvgIpc) is 2.43. The Bertz CT molecular complexity index is 683. The molecule has 9 heteroatoms. The lowest BCUT2D eigenvalue weighted by molar-refractivity contribution is -0.383. The molecule has 0 saturated carbocycles. The van der Waals surface area contributed by atoms with Gasteiger partial charge >= 0.3 is 5.69 Å². The van der Waals surface area contributed by atoms with Crippen molar-refractivity contribution in [2.75, 3.05) is 17.2 Å². The first-order valence-electron chi connectivity index (χ1n) is 5.98. The zero-order valence-electron chi connectivity index (χ0n) is 10.9. The van der Waals surface area contributed by atoms with Gasteiger partial charge in [-0.25, -0.2) is 14.4 Å². The van der Waals surface area contributed by atoms with Gasteiger partial charge in [0.2, 0.25) is 11.6 Å². The number of rotatable bonds is 5. The zero-order valence-corrected chi connectivity index (χ0v) is 11.7. The van der Waals surface area contributed by atoms with Gasteiger partial charge in [0.25, 0.3) is 0 Å². The van der Waals surface area contributed by atoms with Crippen molar-refractivity contribution >= 4 is 34.6 Å². The van der Waals surface area contributed by atoms with Gasteiger partial charge in [-0.05, 0) is 25.1 Å². The summed E-state index contributed by atoms with van der Waals surface area (Å²) >= 11 is 5.78. The maximum atomic E-state index is 13.7. The molecule has 0 atom stereocenters. The highest BCUT2D eigenvalue weighted by Gasteiger charge is 2.23. The minimum absolute atomic E-state index is 0.00764. The number of hydrogen-bond donors (Lipinski definition) is 2. The van der Waals surface area contributed by atoms with Gasteiger partial charge in [0.1, 0.15) is 12.1 Å². The lowest BCUT2D eigenvalue weighted by atomic mass is 10.3. The number of hydrogen-bond acceptors (Lipinski definition) is 6. The molecule has 7 nitrogen and oxygen atoms in total. The molecule has 2 N–H and O–H groups in total. The largest absolute Gasteiger partial charge is 0.364 e. The minimum Gasteiger partial charge on any atom is -0.364 e. The summed E-state index contributed by atoms with van der Waals surface area (Å²) < 4.78 is 13.7. The number of aromatic nitrogens is 2. The molecular formula is C12H11ClFN5O2. The summed E-state index contributed by atoms with van der Waals surface area (Å²) in [6.07, 6.45) is 1.15. The second-order valence-electron chi connectivity index (χ2n) is 3.96. The average molecular weight is 312 g/mol. The predicted octanol–water partition coefficient (Wildman–Crippen LogP) is 3.35. The number of nitro groups is 1. The number of anilines is 3. The molecule has 2 rings (SSSR count). The summed E-state index contributed by atoms with van der Waals surface area (Å²) in [6.45, 7) is 2.22. The number of nitrogens with zero attached hydrogens (tertiary/aromatic N) is 3. The molecule has 21 heavy (non-hydrogen) atoms. The Morgan fingerprint density at radius 1 is 1.38 bits per heavy atom. The van der Waals surface area contributed by atoms with E-state index in [9.17, 15) is 14.5 Å². The minimum atomic E-state index is -0.636. The third-order valence-corrected chi connectivity index (χ3v) is 2.77. The SMILES string of the molecule is CCNc1ncnc(Nc2cc(Cl)ccc2F)c1[N+](=O)[O-]. The van der Waals surface area contributed by atoms with Crippen molar-refractivity contribution in [3.8, 4) is 0 Å². The fourth-order valence-corrected chi connectivity index (χ4v) is 1.83. The van der Waals surface area contributed by atoms with Crippen molar-refractivity contribution in [3.05, 3.63) is 45.5 Å². The fourth-order valence-electron chi connectivity index (χ4n) is 1.66. The van der Waals surface area contributed by atoms with Gasteiger partial charge in [-0.1, -0.05) is 11.6 Å². The van der Waals surface area contributed by atoms with Crippen molar-refractivity contribution in [1.29, 1.82) is 0 Å². The first-order chi connectivity index (χ1) is 10.0. The molecule has 0 fully saturated rings. The Morgan fingerprint density at radius 2 is 2.10 bits per heavy atom. The Hall–Kier alpha value is -2.48. The molecule has 1 aromatic carbocycles. The lowest BCUT2D eigenvalue weighted by Crippen LogP contribution is -2.08. The van der Waals surface area contributed by atoms with E-state index in [1.165, 1.54) is 12.1 Å². The molecule has 0 saturated heterocycles. The normalized spacial score (nSPS) is 10.2. The van der Waals surface area contributed by atoms with E-state index in [1.807, 2.05) is 0 Å². The summed E-state index contributed by atoms with van der Waals surface area (Å²) in [5.41, 5.74) is -0.370. The van der Waals surface area contributed by atoms with Crippen LogP contribution in [0.2, 0.25) is 5.02 Å². The van der Waals surface area contributed by atoms with Gasteiger partial charge in [0.15, 0.2) is 0 Å². The first kappa shape index (κ1) is 14.9. The molecule has 0 amide bonds. The summed E-state index contributed by atoms with van der Waals surface area (Å²) in [6, 6.07) is 3.85. The zero-order chi connectivity index (χ0) is 15.4. The van der Waals surface area contributed by atoms with Gasteiger partial charge in [-0.2, -0.15) is 0 Å². The van der Waals surface area contributed by atoms with E-state index in [4.69, 9.17) is 11.6 Å². The van der Waals surface area contributed by atoms with Crippen molar-refractivity contribution in [3.63, 3.8) is 0 Å². The third kappa shape index (κ3) is 3.34. The van der Waals surface area contributed by atoms with Crippen LogP contribution >= 0.6 is 11.6 Å². The van der Waals surface area contributed by atoms with E-state index in [-0.39, 0.29) is 23.0 Å². The fraction of sp³-hybridized carbons (Fsp3) is 0.167. The summed E-state index contributed by atoms with van der Waals surface area (Å²) in [7, 11) is 0. The quantitative estimate of drug-likeness (QED) is 0.649. The molecule has 0 spiro atoms. The van der Waals surface area contributed by atoms with E-state index in [1.54, 1.807) is 6.92 Å². The number of halogens is 2. The standard InChI is InChI=1S/C12H11ClFN5O2/c1-2-15-11-10(19(20)21)12(17-6-16-11)18-9-5-7(13)3-4-8(9)14/h3-6H,2H2,1H3,(H2,15,16,17,18). The van der Waals surface area contributed by atoms with Crippen LogP contribution in [0.1, 0.15) is 6.92 Å². The highest BCUT2D eigenvalue weighted by atomic mass is 35.5. The summed E-state index contributed by atoms with van der Waals surface area (Å²) in [5.74, 6) is -0.660. The van der Waals surface area contributed by atoms with E-state index < -0.39 is 10.7 Å². The Morgan fingerprint density at radius 3 is 2.76 bits per heavy atom. The molecule has 0 aliphatic carbocycles. The first-order valence-corrected chi connectivity index (χ1v) is 6.36. The van der Waals surface area contributed by atoms with Gasteiger partial charge in [0.05, 0.1) is 10.6 Å². The molecule has 2 aromatic rings. The Balaban J connectivity index is 2.46. The van der Waals surface area contributed by atoms with Crippen LogP contribution in [0.3, 0.4) is 0 Å². The van der Waals surface area contributed by atoms with Crippen LogP contribution in [0, 0.1) is 15.9 Å². The van der Waals surface area contributed by atoms with Gasteiger partial charge in [0, 0.05) is 11.6 Å².